The normalized spacial score (nSPS) is 13.0. The third-order valence-corrected chi connectivity index (χ3v) is 1.62. The number of aromatic nitrogens is 1. The number of halogens is 1. The van der Waals surface area contributed by atoms with Crippen LogP contribution < -0.4 is 5.73 Å². The molecule has 0 fully saturated rings. The SMILES string of the molecule is CCC(N)c1ccnc(F)c1. The van der Waals surface area contributed by atoms with Crippen molar-refractivity contribution in [1.29, 1.82) is 0 Å². The second kappa shape index (κ2) is 3.44. The molecule has 2 nitrogen and oxygen atoms in total. The molecule has 2 N–H and O–H groups in total. The lowest BCUT2D eigenvalue weighted by molar-refractivity contribution is 0.575. The summed E-state index contributed by atoms with van der Waals surface area (Å²) < 4.78 is 12.5. The van der Waals surface area contributed by atoms with Crippen molar-refractivity contribution in [1.82, 2.24) is 4.98 Å². The minimum absolute atomic E-state index is 0.0764. The van der Waals surface area contributed by atoms with E-state index in [1.807, 2.05) is 6.92 Å². The van der Waals surface area contributed by atoms with Gasteiger partial charge in [0.1, 0.15) is 0 Å². The van der Waals surface area contributed by atoms with E-state index < -0.39 is 5.95 Å². The first kappa shape index (κ1) is 8.14. The highest BCUT2D eigenvalue weighted by Crippen LogP contribution is 2.12. The molecule has 0 radical (unpaired) electrons. The van der Waals surface area contributed by atoms with Crippen LogP contribution >= 0.6 is 0 Å². The lowest BCUT2D eigenvalue weighted by Crippen LogP contribution is -2.08. The second-order valence-electron chi connectivity index (χ2n) is 2.43. The number of pyridine rings is 1. The highest BCUT2D eigenvalue weighted by molar-refractivity contribution is 5.14. The van der Waals surface area contributed by atoms with Crippen molar-refractivity contribution in [2.24, 2.45) is 5.73 Å². The van der Waals surface area contributed by atoms with E-state index >= 15 is 0 Å². The predicted molar refractivity (Wildman–Crippen MR) is 41.4 cm³/mol. The Labute approximate surface area is 65.3 Å². The molecule has 1 aromatic rings. The molecular weight excluding hydrogens is 143 g/mol. The fourth-order valence-electron chi connectivity index (χ4n) is 0.884. The van der Waals surface area contributed by atoms with Gasteiger partial charge in [-0.05, 0) is 24.1 Å². The molecule has 1 heterocycles. The van der Waals surface area contributed by atoms with Crippen molar-refractivity contribution in [2.75, 3.05) is 0 Å². The summed E-state index contributed by atoms with van der Waals surface area (Å²) in [6.45, 7) is 1.96. The predicted octanol–water partition coefficient (Wildman–Crippen LogP) is 1.63. The lowest BCUT2D eigenvalue weighted by Gasteiger charge is -2.07. The van der Waals surface area contributed by atoms with Gasteiger partial charge in [-0.25, -0.2) is 4.98 Å². The van der Waals surface area contributed by atoms with Crippen LogP contribution in [-0.4, -0.2) is 4.98 Å². The molecule has 0 aliphatic carbocycles. The van der Waals surface area contributed by atoms with Crippen LogP contribution in [0, 0.1) is 5.95 Å². The van der Waals surface area contributed by atoms with Gasteiger partial charge in [-0.3, -0.25) is 0 Å². The van der Waals surface area contributed by atoms with E-state index in [1.165, 1.54) is 12.3 Å². The summed E-state index contributed by atoms with van der Waals surface area (Å²) in [6.07, 6.45) is 2.24. The van der Waals surface area contributed by atoms with Crippen molar-refractivity contribution in [3.8, 4) is 0 Å². The van der Waals surface area contributed by atoms with Crippen molar-refractivity contribution in [2.45, 2.75) is 19.4 Å². The Hall–Kier alpha value is -0.960. The molecule has 1 aromatic heterocycles. The van der Waals surface area contributed by atoms with Gasteiger partial charge in [-0.2, -0.15) is 4.39 Å². The Balaban J connectivity index is 2.86. The molecule has 0 aromatic carbocycles. The van der Waals surface area contributed by atoms with Crippen LogP contribution in [-0.2, 0) is 0 Å². The zero-order valence-electron chi connectivity index (χ0n) is 6.42. The molecule has 1 rings (SSSR count). The fourth-order valence-corrected chi connectivity index (χ4v) is 0.884. The molecule has 60 valence electrons. The molecule has 0 bridgehead atoms. The first-order valence-corrected chi connectivity index (χ1v) is 3.61. The largest absolute Gasteiger partial charge is 0.324 e. The van der Waals surface area contributed by atoms with Gasteiger partial charge in [-0.15, -0.1) is 0 Å². The third kappa shape index (κ3) is 1.98. The Morgan fingerprint density at radius 2 is 2.45 bits per heavy atom. The van der Waals surface area contributed by atoms with Gasteiger partial charge in [0.15, 0.2) is 0 Å². The summed E-state index contributed by atoms with van der Waals surface area (Å²) in [4.78, 5) is 3.43. The molecular formula is C8H11FN2. The van der Waals surface area contributed by atoms with Crippen LogP contribution in [0.4, 0.5) is 4.39 Å². The quantitative estimate of drug-likeness (QED) is 0.657. The van der Waals surface area contributed by atoms with Crippen LogP contribution in [0.3, 0.4) is 0 Å². The first-order valence-electron chi connectivity index (χ1n) is 3.61. The maximum absolute atomic E-state index is 12.5. The summed E-state index contributed by atoms with van der Waals surface area (Å²) in [5.41, 5.74) is 6.47. The summed E-state index contributed by atoms with van der Waals surface area (Å²) in [5, 5.41) is 0. The number of hydrogen-bond donors (Lipinski definition) is 1. The smallest absolute Gasteiger partial charge is 0.213 e. The molecule has 3 heteroatoms. The van der Waals surface area contributed by atoms with E-state index in [2.05, 4.69) is 4.98 Å². The van der Waals surface area contributed by atoms with Gasteiger partial charge < -0.3 is 5.73 Å². The van der Waals surface area contributed by atoms with Gasteiger partial charge in [0, 0.05) is 12.2 Å². The molecule has 0 saturated carbocycles. The van der Waals surface area contributed by atoms with E-state index in [-0.39, 0.29) is 6.04 Å². The summed E-state index contributed by atoms with van der Waals surface area (Å²) >= 11 is 0. The Morgan fingerprint density at radius 3 is 3.00 bits per heavy atom. The standard InChI is InChI=1S/C8H11FN2/c1-2-7(10)6-3-4-11-8(9)5-6/h3-5,7H,2,10H2,1H3. The van der Waals surface area contributed by atoms with Crippen molar-refractivity contribution >= 4 is 0 Å². The zero-order chi connectivity index (χ0) is 8.27. The summed E-state index contributed by atoms with van der Waals surface area (Å²) in [7, 11) is 0. The number of nitrogens with zero attached hydrogens (tertiary/aromatic N) is 1. The molecule has 1 atom stereocenters. The minimum atomic E-state index is -0.466. The first-order chi connectivity index (χ1) is 5.24. The number of rotatable bonds is 2. The van der Waals surface area contributed by atoms with Gasteiger partial charge >= 0.3 is 0 Å². The number of hydrogen-bond acceptors (Lipinski definition) is 2. The van der Waals surface area contributed by atoms with Crippen molar-refractivity contribution in [3.63, 3.8) is 0 Å². The highest BCUT2D eigenvalue weighted by atomic mass is 19.1. The van der Waals surface area contributed by atoms with Crippen LogP contribution in [0.1, 0.15) is 24.9 Å². The number of nitrogens with two attached hydrogens (primary N) is 1. The summed E-state index contributed by atoms with van der Waals surface area (Å²) in [6, 6.07) is 3.03. The Bertz CT molecular complexity index is 237. The average Bonchev–Trinajstić information content (AvgIpc) is 2.03. The van der Waals surface area contributed by atoms with Crippen LogP contribution in [0.25, 0.3) is 0 Å². The molecule has 0 aliphatic rings. The second-order valence-corrected chi connectivity index (χ2v) is 2.43. The van der Waals surface area contributed by atoms with Crippen LogP contribution in [0.5, 0.6) is 0 Å². The maximum atomic E-state index is 12.5. The molecule has 0 aliphatic heterocycles. The highest BCUT2D eigenvalue weighted by Gasteiger charge is 2.03. The Kier molecular flexibility index (Phi) is 2.54. The van der Waals surface area contributed by atoms with Crippen molar-refractivity contribution < 1.29 is 4.39 Å². The molecule has 1 unspecified atom stereocenters. The molecule has 0 amide bonds. The fraction of sp³-hybridized carbons (Fsp3) is 0.375. The van der Waals surface area contributed by atoms with E-state index in [0.717, 1.165) is 12.0 Å². The van der Waals surface area contributed by atoms with Gasteiger partial charge in [-0.1, -0.05) is 6.92 Å². The monoisotopic (exact) mass is 154 g/mol. The van der Waals surface area contributed by atoms with E-state index in [9.17, 15) is 4.39 Å². The average molecular weight is 154 g/mol. The molecule has 0 saturated heterocycles. The van der Waals surface area contributed by atoms with E-state index in [0.29, 0.717) is 0 Å². The van der Waals surface area contributed by atoms with Crippen molar-refractivity contribution in [3.05, 3.63) is 29.8 Å². The lowest BCUT2D eigenvalue weighted by atomic mass is 10.1. The van der Waals surface area contributed by atoms with Gasteiger partial charge in [0.25, 0.3) is 0 Å². The van der Waals surface area contributed by atoms with Gasteiger partial charge in [0.2, 0.25) is 5.95 Å². The van der Waals surface area contributed by atoms with Gasteiger partial charge in [0.05, 0.1) is 0 Å². The maximum Gasteiger partial charge on any atom is 0.213 e. The summed E-state index contributed by atoms with van der Waals surface area (Å²) in [5.74, 6) is -0.466. The zero-order valence-corrected chi connectivity index (χ0v) is 6.42. The molecule has 11 heavy (non-hydrogen) atoms. The van der Waals surface area contributed by atoms with Crippen LogP contribution in [0.15, 0.2) is 18.3 Å². The van der Waals surface area contributed by atoms with E-state index in [1.54, 1.807) is 6.07 Å². The minimum Gasteiger partial charge on any atom is -0.324 e. The third-order valence-electron chi connectivity index (χ3n) is 1.62. The molecule has 0 spiro atoms. The Morgan fingerprint density at radius 1 is 1.73 bits per heavy atom. The van der Waals surface area contributed by atoms with E-state index in [4.69, 9.17) is 5.73 Å². The topological polar surface area (TPSA) is 38.9 Å². The van der Waals surface area contributed by atoms with Crippen LogP contribution in [0.2, 0.25) is 0 Å².